The maximum atomic E-state index is 11.2. The molecule has 1 rings (SSSR count). The second-order valence-electron chi connectivity index (χ2n) is 6.71. The first-order valence-corrected chi connectivity index (χ1v) is 12.4. The Labute approximate surface area is 171 Å². The van der Waals surface area contributed by atoms with Gasteiger partial charge in [-0.1, -0.05) is 6.07 Å². The molecule has 0 aliphatic carbocycles. The Morgan fingerprint density at radius 3 is 2.07 bits per heavy atom. The lowest BCUT2D eigenvalue weighted by atomic mass is 9.99. The molecule has 166 valence electrons. The first kappa shape index (κ1) is 25.3. The Bertz CT molecular complexity index is 862. The lowest BCUT2D eigenvalue weighted by molar-refractivity contribution is -0.137. The van der Waals surface area contributed by atoms with E-state index in [0.717, 1.165) is 23.6 Å². The number of hydrogen-bond donors (Lipinski definition) is 2. The van der Waals surface area contributed by atoms with Gasteiger partial charge in [-0.3, -0.25) is 13.2 Å². The van der Waals surface area contributed by atoms with Gasteiger partial charge in [0.2, 0.25) is 0 Å². The molecule has 0 spiro atoms. The summed E-state index contributed by atoms with van der Waals surface area (Å²) in [6.45, 7) is 1.96. The smallest absolute Gasteiger partial charge is 0.304 e. The topological polar surface area (TPSA) is 153 Å². The van der Waals surface area contributed by atoms with Crippen molar-refractivity contribution < 1.29 is 35.1 Å². The molecule has 12 heteroatoms. The highest BCUT2D eigenvalue weighted by Gasteiger charge is 2.15. The highest BCUT2D eigenvalue weighted by molar-refractivity contribution is 7.86. The van der Waals surface area contributed by atoms with Gasteiger partial charge in [-0.25, -0.2) is 0 Å². The van der Waals surface area contributed by atoms with Crippen molar-refractivity contribution in [3.05, 3.63) is 29.3 Å². The van der Waals surface area contributed by atoms with Crippen molar-refractivity contribution in [3.8, 4) is 0 Å². The second-order valence-corrected chi connectivity index (χ2v) is 10.0. The maximum Gasteiger partial charge on any atom is 0.304 e. The summed E-state index contributed by atoms with van der Waals surface area (Å²) in [7, 11) is -7.23. The molecule has 1 aromatic carbocycles. The summed E-state index contributed by atoms with van der Waals surface area (Å²) in [6, 6.07) is 4.89. The third kappa shape index (κ3) is 11.1. The van der Waals surface area contributed by atoms with Crippen LogP contribution < -0.4 is 10.6 Å². The van der Waals surface area contributed by atoms with E-state index in [4.69, 9.17) is 19.2 Å². The molecule has 0 bridgehead atoms. The summed E-state index contributed by atoms with van der Waals surface area (Å²) < 4.78 is 54.3. The van der Waals surface area contributed by atoms with Gasteiger partial charge >= 0.3 is 5.97 Å². The highest BCUT2D eigenvalue weighted by atomic mass is 32.2. The zero-order chi connectivity index (χ0) is 22.2. The molecule has 0 unspecified atom stereocenters. The van der Waals surface area contributed by atoms with Crippen LogP contribution in [0.3, 0.4) is 0 Å². The lowest BCUT2D eigenvalue weighted by Gasteiger charge is -2.25. The Morgan fingerprint density at radius 1 is 1.10 bits per heavy atom. The number of carboxylic acids is 1. The molecule has 1 atom stereocenters. The molecule has 0 aromatic heterocycles. The number of rotatable bonds is 13. The minimum absolute atomic E-state index is 0.126. The van der Waals surface area contributed by atoms with Crippen LogP contribution in [-0.4, -0.2) is 72.8 Å². The molecular weight excluding hydrogens is 424 g/mol. The van der Waals surface area contributed by atoms with E-state index in [2.05, 4.69) is 0 Å². The largest absolute Gasteiger partial charge is 0.481 e. The second kappa shape index (κ2) is 10.9. The van der Waals surface area contributed by atoms with Gasteiger partial charge in [0.15, 0.2) is 0 Å². The third-order valence-electron chi connectivity index (χ3n) is 3.93. The van der Waals surface area contributed by atoms with Crippen molar-refractivity contribution in [2.75, 3.05) is 43.7 Å². The van der Waals surface area contributed by atoms with Crippen molar-refractivity contribution >= 4 is 31.9 Å². The minimum Gasteiger partial charge on any atom is -0.481 e. The van der Waals surface area contributed by atoms with Crippen LogP contribution in [0, 0.1) is 6.92 Å². The van der Waals surface area contributed by atoms with Crippen LogP contribution >= 0.6 is 0 Å². The van der Waals surface area contributed by atoms with Crippen molar-refractivity contribution in [2.45, 2.75) is 25.8 Å². The summed E-state index contributed by atoms with van der Waals surface area (Å²) in [5, 5.41) is 8.89. The van der Waals surface area contributed by atoms with Crippen molar-refractivity contribution in [1.82, 2.24) is 0 Å². The van der Waals surface area contributed by atoms with Crippen LogP contribution in [0.15, 0.2) is 18.2 Å². The summed E-state index contributed by atoms with van der Waals surface area (Å²) in [4.78, 5) is 12.6. The van der Waals surface area contributed by atoms with Gasteiger partial charge < -0.3 is 15.7 Å². The summed E-state index contributed by atoms with van der Waals surface area (Å²) in [6.07, 6.45) is 2.06. The van der Waals surface area contributed by atoms with Crippen LogP contribution in [0.4, 0.5) is 5.69 Å². The molecule has 0 heterocycles. The maximum absolute atomic E-state index is 11.2. The van der Waals surface area contributed by atoms with Crippen molar-refractivity contribution in [3.63, 3.8) is 0 Å². The van der Waals surface area contributed by atoms with E-state index < -0.39 is 32.2 Å². The Kier molecular flexibility index (Phi) is 9.49. The normalized spacial score (nSPS) is 13.2. The standard InChI is InChI=1S/C17H28N2O8S2/c1-13-4-5-16(11-14(13)10-15(18)12-17(20)21)19(6-8-26-28(2,22)23)7-9-27-29(3,24)25/h4-5,11,15H,6-10,12,18H2,1-3H3,(H,20,21)/t15-/m0/s1. The fourth-order valence-corrected chi connectivity index (χ4v) is 3.38. The number of aliphatic carboxylic acids is 1. The number of nitrogens with two attached hydrogens (primary N) is 1. The van der Waals surface area contributed by atoms with Crippen molar-refractivity contribution in [2.24, 2.45) is 5.73 Å². The van der Waals surface area contributed by atoms with Gasteiger partial charge in [0.05, 0.1) is 32.1 Å². The molecule has 10 nitrogen and oxygen atoms in total. The molecule has 0 aliphatic heterocycles. The van der Waals surface area contributed by atoms with E-state index in [9.17, 15) is 21.6 Å². The zero-order valence-electron chi connectivity index (χ0n) is 16.7. The monoisotopic (exact) mass is 452 g/mol. The van der Waals surface area contributed by atoms with Crippen LogP contribution in [0.2, 0.25) is 0 Å². The summed E-state index contributed by atoms with van der Waals surface area (Å²) in [5.74, 6) is -0.983. The number of anilines is 1. The molecular formula is C17H28N2O8S2. The average molecular weight is 453 g/mol. The van der Waals surface area contributed by atoms with Gasteiger partial charge in [-0.2, -0.15) is 16.8 Å². The molecule has 29 heavy (non-hydrogen) atoms. The van der Waals surface area contributed by atoms with Crippen LogP contribution in [0.25, 0.3) is 0 Å². The van der Waals surface area contributed by atoms with Crippen LogP contribution in [0.5, 0.6) is 0 Å². The van der Waals surface area contributed by atoms with Gasteiger partial charge in [0.25, 0.3) is 20.2 Å². The van der Waals surface area contributed by atoms with E-state index in [0.29, 0.717) is 12.1 Å². The predicted octanol–water partition coefficient (Wildman–Crippen LogP) is 0.0983. The van der Waals surface area contributed by atoms with E-state index in [-0.39, 0.29) is 32.7 Å². The zero-order valence-corrected chi connectivity index (χ0v) is 18.3. The number of carbonyl (C=O) groups is 1. The number of aryl methyl sites for hydroxylation is 1. The molecule has 1 aromatic rings. The third-order valence-corrected chi connectivity index (χ3v) is 5.12. The Morgan fingerprint density at radius 2 is 1.62 bits per heavy atom. The van der Waals surface area contributed by atoms with E-state index in [1.165, 1.54) is 0 Å². The molecule has 0 saturated carbocycles. The van der Waals surface area contributed by atoms with E-state index >= 15 is 0 Å². The number of carboxylic acid groups (broad SMARTS) is 1. The first-order valence-electron chi connectivity index (χ1n) is 8.77. The molecule has 0 saturated heterocycles. The van der Waals surface area contributed by atoms with Gasteiger partial charge in [0, 0.05) is 24.8 Å². The molecule has 0 amide bonds. The predicted molar refractivity (Wildman–Crippen MR) is 109 cm³/mol. The Balaban J connectivity index is 2.99. The van der Waals surface area contributed by atoms with Crippen LogP contribution in [-0.2, 0) is 39.8 Å². The van der Waals surface area contributed by atoms with E-state index in [1.54, 1.807) is 11.0 Å². The van der Waals surface area contributed by atoms with Gasteiger partial charge in [-0.15, -0.1) is 0 Å². The SMILES string of the molecule is Cc1ccc(N(CCOS(C)(=O)=O)CCOS(C)(=O)=O)cc1C[C@H](N)CC(=O)O. The van der Waals surface area contributed by atoms with E-state index in [1.807, 2.05) is 19.1 Å². The van der Waals surface area contributed by atoms with Crippen LogP contribution in [0.1, 0.15) is 17.5 Å². The fraction of sp³-hybridized carbons (Fsp3) is 0.588. The number of hydrogen-bond acceptors (Lipinski definition) is 9. The van der Waals surface area contributed by atoms with Crippen molar-refractivity contribution in [1.29, 1.82) is 0 Å². The molecule has 0 radical (unpaired) electrons. The first-order chi connectivity index (χ1) is 13.3. The average Bonchev–Trinajstić information content (AvgIpc) is 2.52. The minimum atomic E-state index is -3.61. The Hall–Kier alpha value is -1.73. The molecule has 3 N–H and O–H groups in total. The number of nitrogens with zero attached hydrogens (tertiary/aromatic N) is 1. The quantitative estimate of drug-likeness (QED) is 0.394. The summed E-state index contributed by atoms with van der Waals surface area (Å²) >= 11 is 0. The number of benzene rings is 1. The van der Waals surface area contributed by atoms with Gasteiger partial charge in [0.1, 0.15) is 0 Å². The summed E-state index contributed by atoms with van der Waals surface area (Å²) in [5.41, 5.74) is 8.34. The fourth-order valence-electron chi connectivity index (χ4n) is 2.62. The molecule has 0 fully saturated rings. The van der Waals surface area contributed by atoms with Gasteiger partial charge in [-0.05, 0) is 36.6 Å². The highest BCUT2D eigenvalue weighted by Crippen LogP contribution is 2.21. The molecule has 0 aliphatic rings. The lowest BCUT2D eigenvalue weighted by Crippen LogP contribution is -2.32.